The molecule has 1 aliphatic heterocycles. The van der Waals surface area contributed by atoms with E-state index in [1.54, 1.807) is 37.6 Å². The Balaban J connectivity index is 1.45. The first-order valence-corrected chi connectivity index (χ1v) is 22.3. The average Bonchev–Trinajstić information content (AvgIpc) is 3.84. The summed E-state index contributed by atoms with van der Waals surface area (Å²) >= 11 is 0. The summed E-state index contributed by atoms with van der Waals surface area (Å²) in [6.07, 6.45) is -0.540. The van der Waals surface area contributed by atoms with E-state index in [2.05, 4.69) is 21.3 Å². The third-order valence-corrected chi connectivity index (χ3v) is 11.1. The lowest BCUT2D eigenvalue weighted by Crippen LogP contribution is -2.57. The molecule has 1 aliphatic rings. The largest absolute Gasteiger partial charge is 0.480 e. The maximum atomic E-state index is 15.2. The molecule has 1 saturated heterocycles. The number of nitrogens with zero attached hydrogens (tertiary/aromatic N) is 3. The topological polar surface area (TPSA) is 306 Å². The number of hydrogen-bond donors (Lipinski definition) is 7. The first-order chi connectivity index (χ1) is 32.9. The number of primary amides is 1. The van der Waals surface area contributed by atoms with Crippen LogP contribution in [-0.2, 0) is 59.3 Å². The van der Waals surface area contributed by atoms with E-state index >= 15 is 4.39 Å². The molecule has 23 heteroatoms. The van der Waals surface area contributed by atoms with Crippen molar-refractivity contribution in [2.75, 3.05) is 13.2 Å². The second-order valence-corrected chi connectivity index (χ2v) is 17.7. The number of benzene rings is 2. The number of carbonyl (C=O) groups is 10. The van der Waals surface area contributed by atoms with Gasteiger partial charge in [-0.3, -0.25) is 38.4 Å². The minimum absolute atomic E-state index is 0.0619. The van der Waals surface area contributed by atoms with Crippen molar-refractivity contribution in [3.05, 3.63) is 83.7 Å². The van der Waals surface area contributed by atoms with Crippen LogP contribution in [0.5, 0.6) is 0 Å². The molecule has 378 valence electrons. The molecule has 4 rings (SSSR count). The van der Waals surface area contributed by atoms with Gasteiger partial charge in [0.25, 0.3) is 11.8 Å². The molecule has 70 heavy (non-hydrogen) atoms. The van der Waals surface area contributed by atoms with Crippen LogP contribution in [0.25, 0.3) is 11.1 Å². The lowest BCUT2D eigenvalue weighted by atomic mass is 9.82. The Labute approximate surface area is 401 Å². The Hall–Kier alpha value is -7.56. The van der Waals surface area contributed by atoms with E-state index < -0.39 is 132 Å². The highest BCUT2D eigenvalue weighted by Crippen LogP contribution is 2.41. The highest BCUT2D eigenvalue weighted by molar-refractivity contribution is 6.01. The van der Waals surface area contributed by atoms with Crippen molar-refractivity contribution >= 4 is 59.2 Å². The summed E-state index contributed by atoms with van der Waals surface area (Å²) < 4.78 is 31.4. The number of imide groups is 1. The summed E-state index contributed by atoms with van der Waals surface area (Å²) in [6, 6.07) is 6.55. The van der Waals surface area contributed by atoms with Crippen LogP contribution in [0.15, 0.2) is 60.8 Å². The number of nitrogens with two attached hydrogens (primary N) is 1. The number of halogens is 2. The average molecular weight is 981 g/mol. The fraction of sp³-hybridized carbons (Fsp3) is 0.447. The van der Waals surface area contributed by atoms with E-state index in [9.17, 15) is 62.5 Å². The molecule has 0 radical (unpaired) electrons. The number of aliphatic carboxylic acids is 1. The number of carboxylic acid groups (broad SMARTS) is 1. The quantitative estimate of drug-likeness (QED) is 0.0627. The van der Waals surface area contributed by atoms with Gasteiger partial charge in [-0.15, -0.1) is 5.06 Å². The van der Waals surface area contributed by atoms with E-state index in [0.717, 1.165) is 23.8 Å². The standard InChI is InChI=1S/C47H58F2N8O13/c1-26(51-37(60)12-9-13-41(64)70-57-38(61)16-17-39(57)62)43(65)52-27(2)44(66)54-34(22-36(50)59)45(67)53-33(46(68)69)18-19-56(40(63)25-58)42(47(3,4)5)35-20-29(31-21-30(48)14-15-32(31)49)24-55(35)23-28-10-7-6-8-11-28/h6-8,10-11,14-15,20-21,24,26-27,33-34,42,58H,9,12-13,16-19,22-23,25H2,1-5H3,(H2,50,59)(H,51,60)(H,52,65)(H,53,67)(H,54,66)(H,68,69)/t26-,27-,33-,34-,42-/m0/s1. The van der Waals surface area contributed by atoms with Crippen LogP contribution in [-0.4, -0.2) is 121 Å². The van der Waals surface area contributed by atoms with Crippen molar-refractivity contribution in [1.82, 2.24) is 35.8 Å². The SMILES string of the molecule is C[C@H](NC(=O)CCCC(=O)ON1C(=O)CCC1=O)C(=O)N[C@@H](C)C(=O)N[C@@H](CC(N)=O)C(=O)N[C@@H](CCN(C(=O)CO)[C@@H](c1cc(-c2cc(F)ccc2F)cn1Cc1ccccc1)C(C)(C)C)C(=O)O. The first kappa shape index (κ1) is 55.0. The Kier molecular flexibility index (Phi) is 19.4. The maximum Gasteiger partial charge on any atom is 0.333 e. The lowest BCUT2D eigenvalue weighted by molar-refractivity contribution is -0.197. The van der Waals surface area contributed by atoms with Gasteiger partial charge in [0.05, 0.1) is 12.5 Å². The van der Waals surface area contributed by atoms with Gasteiger partial charge < -0.3 is 51.5 Å². The molecule has 0 bridgehead atoms. The monoisotopic (exact) mass is 980 g/mol. The van der Waals surface area contributed by atoms with E-state index in [1.807, 2.05) is 30.3 Å². The number of rotatable bonds is 24. The molecule has 0 aliphatic carbocycles. The third kappa shape index (κ3) is 15.5. The molecule has 2 heterocycles. The predicted octanol–water partition coefficient (Wildman–Crippen LogP) is 1.50. The fourth-order valence-electron chi connectivity index (χ4n) is 7.59. The van der Waals surface area contributed by atoms with Gasteiger partial charge in [0.2, 0.25) is 35.4 Å². The van der Waals surface area contributed by atoms with Crippen LogP contribution >= 0.6 is 0 Å². The van der Waals surface area contributed by atoms with E-state index in [-0.39, 0.29) is 49.8 Å². The van der Waals surface area contributed by atoms with Crippen molar-refractivity contribution in [2.24, 2.45) is 11.1 Å². The number of carbonyl (C=O) groups excluding carboxylic acids is 9. The minimum Gasteiger partial charge on any atom is -0.480 e. The van der Waals surface area contributed by atoms with Crippen molar-refractivity contribution in [3.63, 3.8) is 0 Å². The molecule has 2 aromatic carbocycles. The minimum atomic E-state index is -1.77. The van der Waals surface area contributed by atoms with Crippen LogP contribution in [0, 0.1) is 17.0 Å². The Bertz CT molecular complexity index is 2440. The van der Waals surface area contributed by atoms with Crippen LogP contribution in [0.1, 0.15) is 96.9 Å². The molecule has 8 N–H and O–H groups in total. The lowest BCUT2D eigenvalue weighted by Gasteiger charge is -2.41. The molecule has 0 saturated carbocycles. The van der Waals surface area contributed by atoms with Gasteiger partial charge in [0.15, 0.2) is 0 Å². The van der Waals surface area contributed by atoms with E-state index in [4.69, 9.17) is 10.6 Å². The molecular formula is C47H58F2N8O13. The second kappa shape index (κ2) is 24.6. The van der Waals surface area contributed by atoms with Crippen LogP contribution in [0.3, 0.4) is 0 Å². The van der Waals surface area contributed by atoms with Gasteiger partial charge in [-0.25, -0.2) is 18.4 Å². The normalized spacial score (nSPS) is 14.7. The van der Waals surface area contributed by atoms with Crippen LogP contribution in [0.2, 0.25) is 0 Å². The number of carboxylic acids is 1. The van der Waals surface area contributed by atoms with Crippen LogP contribution in [0.4, 0.5) is 8.78 Å². The summed E-state index contributed by atoms with van der Waals surface area (Å²) in [6.45, 7) is 6.64. The van der Waals surface area contributed by atoms with E-state index in [0.29, 0.717) is 10.8 Å². The summed E-state index contributed by atoms with van der Waals surface area (Å²) in [5, 5.41) is 30.1. The zero-order valence-corrected chi connectivity index (χ0v) is 39.3. The Morgan fingerprint density at radius 1 is 0.829 bits per heavy atom. The fourth-order valence-corrected chi connectivity index (χ4v) is 7.59. The Morgan fingerprint density at radius 2 is 1.44 bits per heavy atom. The number of nitrogens with one attached hydrogen (secondary N) is 4. The Morgan fingerprint density at radius 3 is 2.04 bits per heavy atom. The van der Waals surface area contributed by atoms with Gasteiger partial charge in [-0.1, -0.05) is 51.1 Å². The second-order valence-electron chi connectivity index (χ2n) is 17.7. The summed E-state index contributed by atoms with van der Waals surface area (Å²) in [7, 11) is 0. The van der Waals surface area contributed by atoms with Crippen molar-refractivity contribution in [2.45, 2.75) is 116 Å². The van der Waals surface area contributed by atoms with Gasteiger partial charge in [-0.2, -0.15) is 0 Å². The zero-order valence-electron chi connectivity index (χ0n) is 39.3. The van der Waals surface area contributed by atoms with Crippen molar-refractivity contribution < 1.29 is 71.8 Å². The molecule has 1 aromatic heterocycles. The predicted molar refractivity (Wildman–Crippen MR) is 242 cm³/mol. The summed E-state index contributed by atoms with van der Waals surface area (Å²) in [5.41, 5.74) is 5.93. The van der Waals surface area contributed by atoms with E-state index in [1.165, 1.54) is 18.7 Å². The third-order valence-electron chi connectivity index (χ3n) is 11.1. The van der Waals surface area contributed by atoms with Crippen molar-refractivity contribution in [1.29, 1.82) is 0 Å². The molecule has 8 amide bonds. The van der Waals surface area contributed by atoms with Gasteiger partial charge in [0, 0.05) is 61.8 Å². The molecule has 0 unspecified atom stereocenters. The van der Waals surface area contributed by atoms with Crippen molar-refractivity contribution in [3.8, 4) is 11.1 Å². The molecule has 0 spiro atoms. The molecule has 1 fully saturated rings. The number of amides is 8. The highest BCUT2D eigenvalue weighted by Gasteiger charge is 2.39. The molecule has 3 aromatic rings. The number of aliphatic hydroxyl groups is 1. The molecule has 21 nitrogen and oxygen atoms in total. The van der Waals surface area contributed by atoms with Gasteiger partial charge in [-0.05, 0) is 61.9 Å². The number of hydroxylamine groups is 2. The summed E-state index contributed by atoms with van der Waals surface area (Å²) in [5.74, 6) is -10.9. The highest BCUT2D eigenvalue weighted by atomic mass is 19.1. The van der Waals surface area contributed by atoms with Gasteiger partial charge >= 0.3 is 11.9 Å². The first-order valence-electron chi connectivity index (χ1n) is 22.3. The smallest absolute Gasteiger partial charge is 0.333 e. The van der Waals surface area contributed by atoms with Crippen LogP contribution < -0.4 is 27.0 Å². The zero-order chi connectivity index (χ0) is 52.0. The number of hydrogen-bond acceptors (Lipinski definition) is 12. The van der Waals surface area contributed by atoms with Gasteiger partial charge in [0.1, 0.15) is 42.4 Å². The molecular weight excluding hydrogens is 923 g/mol. The number of aromatic nitrogens is 1. The molecule has 5 atom stereocenters. The summed E-state index contributed by atoms with van der Waals surface area (Å²) in [4.78, 5) is 132. The number of aliphatic hydroxyl groups excluding tert-OH is 1. The maximum absolute atomic E-state index is 15.2.